The molecule has 0 aliphatic carbocycles. The molecule has 2 aromatic rings. The monoisotopic (exact) mass is 466 g/mol. The summed E-state index contributed by atoms with van der Waals surface area (Å²) in [5.74, 6) is 0. The zero-order valence-corrected chi connectivity index (χ0v) is 19.2. The van der Waals surface area contributed by atoms with Gasteiger partial charge >= 0.3 is 0 Å². The fourth-order valence-electron chi connectivity index (χ4n) is 2.25. The molecule has 1 radical (unpaired) electrons. The van der Waals surface area contributed by atoms with Crippen molar-refractivity contribution < 1.29 is 51.9 Å². The molecule has 7 nitrogen and oxygen atoms in total. The minimum absolute atomic E-state index is 0. The standard InChI is InChI=1S/C16H10N2O2.C3H3NO2.C2H6.Y/c19-10-18(11-20)14-7-5-12(6-8-14)16-9-13-3-1-2-4-15(13)17-16;1-4(2-5)3-6;1-2;/h1-8H,9H2;1H3;1-2H3;/q2*-2;;. The number of benzene rings is 2. The van der Waals surface area contributed by atoms with Gasteiger partial charge in [0.15, 0.2) is 0 Å². The van der Waals surface area contributed by atoms with Crippen molar-refractivity contribution in [2.75, 3.05) is 11.9 Å². The molecule has 0 unspecified atom stereocenters. The zero-order valence-electron chi connectivity index (χ0n) is 16.4. The van der Waals surface area contributed by atoms with Crippen LogP contribution in [-0.4, -0.2) is 43.3 Å². The van der Waals surface area contributed by atoms with Gasteiger partial charge in [0.25, 0.3) is 0 Å². The Balaban J connectivity index is 0.000000756. The number of anilines is 1. The number of fused-ring (bicyclic) bond motifs is 1. The average molecular weight is 466 g/mol. The van der Waals surface area contributed by atoms with Crippen LogP contribution in [0.15, 0.2) is 53.5 Å². The largest absolute Gasteiger partial charge is 0.639 e. The number of hydrogen-bond donors (Lipinski definition) is 0. The van der Waals surface area contributed by atoms with Crippen LogP contribution >= 0.6 is 0 Å². The van der Waals surface area contributed by atoms with E-state index in [1.807, 2.05) is 44.2 Å². The molecule has 8 heteroatoms. The van der Waals surface area contributed by atoms with Crippen LogP contribution in [0.4, 0.5) is 11.4 Å². The molecule has 0 saturated carbocycles. The van der Waals surface area contributed by atoms with Crippen LogP contribution in [-0.2, 0) is 58.3 Å². The summed E-state index contributed by atoms with van der Waals surface area (Å²) in [6.45, 7) is 4.00. The molecule has 1 aliphatic heterocycles. The van der Waals surface area contributed by atoms with Gasteiger partial charge < -0.3 is 29.0 Å². The number of imide groups is 2. The second-order valence-corrected chi connectivity index (χ2v) is 5.17. The van der Waals surface area contributed by atoms with E-state index in [1.165, 1.54) is 38.3 Å². The normalized spacial score (nSPS) is 10.2. The maximum absolute atomic E-state index is 10.5. The van der Waals surface area contributed by atoms with Crippen LogP contribution < -0.4 is 4.90 Å². The molecular weight excluding hydrogens is 447 g/mol. The smallest absolute Gasteiger partial charge is 0.0669 e. The molecule has 0 atom stereocenters. The molecule has 0 bridgehead atoms. The molecule has 0 saturated heterocycles. The Kier molecular flexibility index (Phi) is 13.2. The van der Waals surface area contributed by atoms with Crippen molar-refractivity contribution in [3.8, 4) is 0 Å². The first-order valence-electron chi connectivity index (χ1n) is 8.43. The number of rotatable bonds is 6. The Hall–Kier alpha value is -2.51. The molecule has 2 aromatic carbocycles. The van der Waals surface area contributed by atoms with Gasteiger partial charge in [0.2, 0.25) is 0 Å². The molecular formula is C21H19N3O4Y-4. The average Bonchev–Trinajstić information content (AvgIpc) is 3.20. The molecule has 0 aromatic heterocycles. The van der Waals surface area contributed by atoms with E-state index in [-0.39, 0.29) is 32.7 Å². The predicted octanol–water partition coefficient (Wildman–Crippen LogP) is 2.38. The van der Waals surface area contributed by atoms with Gasteiger partial charge in [-0.3, -0.25) is 4.99 Å². The van der Waals surface area contributed by atoms with E-state index in [1.54, 1.807) is 12.1 Å². The van der Waals surface area contributed by atoms with Crippen LogP contribution in [0.25, 0.3) is 0 Å². The summed E-state index contributed by atoms with van der Waals surface area (Å²) in [4.78, 5) is 45.6. The van der Waals surface area contributed by atoms with Gasteiger partial charge in [0.1, 0.15) is 0 Å². The number of aliphatic imine (C=N–C) groups is 1. The maximum atomic E-state index is 10.5. The minimum Gasteiger partial charge on any atom is -0.639 e. The van der Waals surface area contributed by atoms with Crippen molar-refractivity contribution in [1.29, 1.82) is 0 Å². The van der Waals surface area contributed by atoms with Gasteiger partial charge in [-0.1, -0.05) is 44.2 Å². The number of amides is 4. The van der Waals surface area contributed by atoms with Gasteiger partial charge in [-0.25, -0.2) is 0 Å². The van der Waals surface area contributed by atoms with Gasteiger partial charge in [0, 0.05) is 39.1 Å². The Morgan fingerprint density at radius 2 is 1.38 bits per heavy atom. The van der Waals surface area contributed by atoms with Crippen LogP contribution in [0.2, 0.25) is 0 Å². The van der Waals surface area contributed by atoms with E-state index in [9.17, 15) is 19.2 Å². The van der Waals surface area contributed by atoms with Gasteiger partial charge in [-0.2, -0.15) is 18.5 Å². The molecule has 3 rings (SSSR count). The van der Waals surface area contributed by atoms with E-state index >= 15 is 0 Å². The number of para-hydroxylation sites is 1. The molecule has 29 heavy (non-hydrogen) atoms. The Labute approximate surface area is 195 Å². The van der Waals surface area contributed by atoms with E-state index in [0.29, 0.717) is 10.6 Å². The van der Waals surface area contributed by atoms with E-state index in [2.05, 4.69) is 11.1 Å². The van der Waals surface area contributed by atoms with Crippen molar-refractivity contribution in [2.45, 2.75) is 20.3 Å². The summed E-state index contributed by atoms with van der Waals surface area (Å²) in [5, 5.41) is 0. The third kappa shape index (κ3) is 7.79. The fraction of sp³-hybridized carbons (Fsp3) is 0.190. The van der Waals surface area contributed by atoms with E-state index in [4.69, 9.17) is 0 Å². The maximum Gasteiger partial charge on any atom is 0.0669 e. The number of nitrogens with zero attached hydrogens (tertiary/aromatic N) is 3. The zero-order chi connectivity index (χ0) is 20.9. The van der Waals surface area contributed by atoms with Crippen molar-refractivity contribution in [3.05, 3.63) is 59.7 Å². The molecule has 1 aliphatic rings. The summed E-state index contributed by atoms with van der Waals surface area (Å²) < 4.78 is 0. The first kappa shape index (κ1) is 26.5. The first-order valence-corrected chi connectivity index (χ1v) is 8.43. The second kappa shape index (κ2) is 14.5. The summed E-state index contributed by atoms with van der Waals surface area (Å²) in [5.41, 5.74) is 4.59. The predicted molar refractivity (Wildman–Crippen MR) is 107 cm³/mol. The quantitative estimate of drug-likeness (QED) is 0.483. The van der Waals surface area contributed by atoms with Gasteiger partial charge in [-0.15, -0.1) is 12.1 Å². The molecule has 0 N–H and O–H groups in total. The second-order valence-electron chi connectivity index (χ2n) is 5.17. The molecule has 1 heterocycles. The Bertz CT molecular complexity index is 822. The number of hydrogen-bond acceptors (Lipinski definition) is 5. The van der Waals surface area contributed by atoms with Crippen LogP contribution in [0.3, 0.4) is 0 Å². The van der Waals surface area contributed by atoms with Gasteiger partial charge in [0.05, 0.1) is 11.4 Å². The third-order valence-electron chi connectivity index (χ3n) is 3.52. The molecule has 0 fully saturated rings. The van der Waals surface area contributed by atoms with E-state index in [0.717, 1.165) is 28.3 Å². The topological polar surface area (TPSA) is 87.1 Å². The summed E-state index contributed by atoms with van der Waals surface area (Å²) in [6.07, 6.45) is 6.34. The fourth-order valence-corrected chi connectivity index (χ4v) is 2.25. The molecule has 149 valence electrons. The van der Waals surface area contributed by atoms with Crippen LogP contribution in [0.5, 0.6) is 0 Å². The third-order valence-corrected chi connectivity index (χ3v) is 3.52. The Morgan fingerprint density at radius 1 is 0.828 bits per heavy atom. The van der Waals surface area contributed by atoms with Crippen LogP contribution in [0.1, 0.15) is 25.0 Å². The van der Waals surface area contributed by atoms with Crippen LogP contribution in [0, 0.1) is 0 Å². The van der Waals surface area contributed by atoms with Crippen molar-refractivity contribution >= 4 is 42.7 Å². The summed E-state index contributed by atoms with van der Waals surface area (Å²) >= 11 is 0. The summed E-state index contributed by atoms with van der Waals surface area (Å²) in [6, 6.07) is 15.0. The van der Waals surface area contributed by atoms with Crippen molar-refractivity contribution in [1.82, 2.24) is 4.90 Å². The molecule has 4 amide bonds. The van der Waals surface area contributed by atoms with E-state index < -0.39 is 0 Å². The van der Waals surface area contributed by atoms with Crippen molar-refractivity contribution in [2.24, 2.45) is 4.99 Å². The van der Waals surface area contributed by atoms with Crippen molar-refractivity contribution in [3.63, 3.8) is 0 Å². The summed E-state index contributed by atoms with van der Waals surface area (Å²) in [7, 11) is 1.26. The van der Waals surface area contributed by atoms with Gasteiger partial charge in [-0.05, 0) is 37.1 Å². The molecule has 0 spiro atoms. The SMILES string of the molecule is CC.CN([C-]=O)[C-]=O.O=[C-]N([C-]=O)c1ccc(C2=Nc3ccccc3C2)cc1.[Y]. The Morgan fingerprint density at radius 3 is 1.83 bits per heavy atom. The number of carbonyl (C=O) groups excluding carboxylic acids is 4. The minimum atomic E-state index is 0. The first-order chi connectivity index (χ1) is 13.6.